The third kappa shape index (κ3) is 6.61. The molecule has 0 bridgehead atoms. The Bertz CT molecular complexity index is 631. The molecule has 1 fully saturated rings. The van der Waals surface area contributed by atoms with Gasteiger partial charge < -0.3 is 10.0 Å². The maximum atomic E-state index is 11.6. The number of aryl methyl sites for hydroxylation is 2. The van der Waals surface area contributed by atoms with Crippen LogP contribution in [0.1, 0.15) is 30.4 Å². The Kier molecular flexibility index (Phi) is 6.80. The Labute approximate surface area is 144 Å². The molecule has 0 aromatic heterocycles. The number of piperidine rings is 1. The van der Waals surface area contributed by atoms with Crippen molar-refractivity contribution in [3.63, 3.8) is 0 Å². The van der Waals surface area contributed by atoms with Crippen LogP contribution in [0, 0.1) is 12.8 Å². The van der Waals surface area contributed by atoms with Gasteiger partial charge >= 0.3 is 5.97 Å². The van der Waals surface area contributed by atoms with Gasteiger partial charge in [0, 0.05) is 6.54 Å². The number of nitrogens with zero attached hydrogens (tertiary/aromatic N) is 1. The van der Waals surface area contributed by atoms with Crippen LogP contribution in [0.15, 0.2) is 24.3 Å². The van der Waals surface area contributed by atoms with Crippen LogP contribution in [-0.4, -0.2) is 55.5 Å². The second kappa shape index (κ2) is 8.62. The first kappa shape index (κ1) is 18.9. The van der Waals surface area contributed by atoms with Gasteiger partial charge in [0.25, 0.3) is 0 Å². The predicted octanol–water partition coefficient (Wildman–Crippen LogP) is 2.14. The van der Waals surface area contributed by atoms with Gasteiger partial charge in [-0.3, -0.25) is 4.79 Å². The molecule has 0 spiro atoms. The Morgan fingerprint density at radius 2 is 1.83 bits per heavy atom. The fraction of sp³-hybridized carbons (Fsp3) is 0.611. The van der Waals surface area contributed by atoms with Crippen molar-refractivity contribution in [1.82, 2.24) is 4.90 Å². The second-order valence-corrected chi connectivity index (χ2v) is 8.98. The molecule has 0 atom stereocenters. The topological polar surface area (TPSA) is 74.7 Å². The molecule has 6 heteroatoms. The van der Waals surface area contributed by atoms with E-state index in [1.165, 1.54) is 17.5 Å². The van der Waals surface area contributed by atoms with Crippen molar-refractivity contribution >= 4 is 15.8 Å². The molecule has 0 radical (unpaired) electrons. The minimum atomic E-state index is -3.48. The molecule has 2 rings (SSSR count). The molecule has 0 unspecified atom stereocenters. The van der Waals surface area contributed by atoms with Crippen molar-refractivity contribution in [3.8, 4) is 0 Å². The molecule has 1 heterocycles. The Morgan fingerprint density at radius 1 is 1.21 bits per heavy atom. The summed E-state index contributed by atoms with van der Waals surface area (Å²) in [6, 6.07) is 8.68. The van der Waals surface area contributed by atoms with E-state index >= 15 is 0 Å². The quantitative estimate of drug-likeness (QED) is 0.775. The Hall–Kier alpha value is -1.40. The van der Waals surface area contributed by atoms with E-state index in [0.29, 0.717) is 12.5 Å². The van der Waals surface area contributed by atoms with E-state index in [4.69, 9.17) is 5.11 Å². The third-order valence-electron chi connectivity index (χ3n) is 4.73. The lowest BCUT2D eigenvalue weighted by Crippen LogP contribution is -2.37. The molecule has 134 valence electrons. The highest BCUT2D eigenvalue weighted by molar-refractivity contribution is 7.92. The molecular formula is C18H27NO4S. The summed E-state index contributed by atoms with van der Waals surface area (Å²) in [5.74, 6) is -1.41. The van der Waals surface area contributed by atoms with Crippen LogP contribution in [0.3, 0.4) is 0 Å². The molecule has 0 saturated carbocycles. The van der Waals surface area contributed by atoms with Crippen molar-refractivity contribution in [2.24, 2.45) is 5.92 Å². The average molecular weight is 353 g/mol. The van der Waals surface area contributed by atoms with Gasteiger partial charge in [-0.15, -0.1) is 0 Å². The molecule has 1 aliphatic heterocycles. The number of hydrogen-bond acceptors (Lipinski definition) is 4. The van der Waals surface area contributed by atoms with Gasteiger partial charge in [0.2, 0.25) is 0 Å². The van der Waals surface area contributed by atoms with E-state index in [1.54, 1.807) is 0 Å². The average Bonchev–Trinajstić information content (AvgIpc) is 2.52. The highest BCUT2D eigenvalue weighted by Crippen LogP contribution is 2.22. The normalized spacial score (nSPS) is 17.0. The standard InChI is InChI=1S/C18H27NO4S/c1-15-2-4-16(5-3-15)6-7-17-8-10-19(11-9-17)12-13-24(22,23)14-18(20)21/h2-5,17H,6-14H2,1H3,(H,20,21). The van der Waals surface area contributed by atoms with Gasteiger partial charge in [-0.1, -0.05) is 29.8 Å². The SMILES string of the molecule is Cc1ccc(CCC2CCN(CCS(=O)(=O)CC(=O)O)CC2)cc1. The van der Waals surface area contributed by atoms with Crippen molar-refractivity contribution in [1.29, 1.82) is 0 Å². The Balaban J connectivity index is 1.68. The molecule has 1 aromatic rings. The maximum Gasteiger partial charge on any atom is 0.318 e. The lowest BCUT2D eigenvalue weighted by molar-refractivity contribution is -0.134. The monoisotopic (exact) mass is 353 g/mol. The van der Waals surface area contributed by atoms with Crippen molar-refractivity contribution in [2.45, 2.75) is 32.6 Å². The van der Waals surface area contributed by atoms with E-state index in [0.717, 1.165) is 32.4 Å². The van der Waals surface area contributed by atoms with Crippen molar-refractivity contribution in [3.05, 3.63) is 35.4 Å². The summed E-state index contributed by atoms with van der Waals surface area (Å²) >= 11 is 0. The molecule has 24 heavy (non-hydrogen) atoms. The summed E-state index contributed by atoms with van der Waals surface area (Å²) in [6.07, 6.45) is 4.45. The second-order valence-electron chi connectivity index (χ2n) is 6.80. The van der Waals surface area contributed by atoms with E-state index in [2.05, 4.69) is 36.1 Å². The number of likely N-dealkylation sites (tertiary alicyclic amines) is 1. The number of carboxylic acids is 1. The zero-order chi connectivity index (χ0) is 17.6. The molecule has 1 saturated heterocycles. The number of benzene rings is 1. The van der Waals surface area contributed by atoms with E-state index in [9.17, 15) is 13.2 Å². The minimum absolute atomic E-state index is 0.0622. The van der Waals surface area contributed by atoms with Gasteiger partial charge in [0.15, 0.2) is 9.84 Å². The third-order valence-corrected chi connectivity index (χ3v) is 6.22. The van der Waals surface area contributed by atoms with Crippen LogP contribution in [0.5, 0.6) is 0 Å². The van der Waals surface area contributed by atoms with Gasteiger partial charge in [-0.25, -0.2) is 8.42 Å². The lowest BCUT2D eigenvalue weighted by atomic mass is 9.90. The lowest BCUT2D eigenvalue weighted by Gasteiger charge is -2.31. The van der Waals surface area contributed by atoms with Crippen LogP contribution in [-0.2, 0) is 21.1 Å². The molecule has 0 amide bonds. The highest BCUT2D eigenvalue weighted by atomic mass is 32.2. The predicted molar refractivity (Wildman–Crippen MR) is 95.0 cm³/mol. The number of sulfone groups is 1. The zero-order valence-electron chi connectivity index (χ0n) is 14.3. The molecule has 1 aromatic carbocycles. The van der Waals surface area contributed by atoms with Crippen LogP contribution in [0.2, 0.25) is 0 Å². The summed E-state index contributed by atoms with van der Waals surface area (Å²) in [5.41, 5.74) is 2.66. The van der Waals surface area contributed by atoms with Gasteiger partial charge in [0.05, 0.1) is 5.75 Å². The minimum Gasteiger partial charge on any atom is -0.480 e. The summed E-state index contributed by atoms with van der Waals surface area (Å²) < 4.78 is 23.2. The first-order valence-electron chi connectivity index (χ1n) is 8.54. The van der Waals surface area contributed by atoms with Gasteiger partial charge in [-0.05, 0) is 57.2 Å². The fourth-order valence-corrected chi connectivity index (χ4v) is 4.21. The summed E-state index contributed by atoms with van der Waals surface area (Å²) in [4.78, 5) is 12.7. The van der Waals surface area contributed by atoms with Gasteiger partial charge in [0.1, 0.15) is 5.75 Å². The summed E-state index contributed by atoms with van der Waals surface area (Å²) in [5, 5.41) is 8.60. The van der Waals surface area contributed by atoms with E-state index < -0.39 is 21.6 Å². The Morgan fingerprint density at radius 3 is 2.42 bits per heavy atom. The summed E-state index contributed by atoms with van der Waals surface area (Å²) in [6.45, 7) is 4.35. The molecule has 5 nitrogen and oxygen atoms in total. The smallest absolute Gasteiger partial charge is 0.318 e. The van der Waals surface area contributed by atoms with Gasteiger partial charge in [-0.2, -0.15) is 0 Å². The van der Waals surface area contributed by atoms with Crippen LogP contribution < -0.4 is 0 Å². The summed E-state index contributed by atoms with van der Waals surface area (Å²) in [7, 11) is -3.48. The number of rotatable bonds is 8. The number of carboxylic acid groups (broad SMARTS) is 1. The largest absolute Gasteiger partial charge is 0.480 e. The number of aliphatic carboxylic acids is 1. The highest BCUT2D eigenvalue weighted by Gasteiger charge is 2.22. The molecule has 1 aliphatic rings. The van der Waals surface area contributed by atoms with Crippen LogP contribution in [0.25, 0.3) is 0 Å². The molecule has 0 aliphatic carbocycles. The maximum absolute atomic E-state index is 11.6. The first-order valence-corrected chi connectivity index (χ1v) is 10.4. The van der Waals surface area contributed by atoms with E-state index in [-0.39, 0.29) is 5.75 Å². The zero-order valence-corrected chi connectivity index (χ0v) is 15.1. The van der Waals surface area contributed by atoms with Crippen molar-refractivity contribution in [2.75, 3.05) is 31.1 Å². The van der Waals surface area contributed by atoms with Crippen LogP contribution in [0.4, 0.5) is 0 Å². The van der Waals surface area contributed by atoms with E-state index in [1.807, 2.05) is 0 Å². The molecule has 1 N–H and O–H groups in total. The van der Waals surface area contributed by atoms with Crippen molar-refractivity contribution < 1.29 is 18.3 Å². The molecular weight excluding hydrogens is 326 g/mol. The fourth-order valence-electron chi connectivity index (χ4n) is 3.15. The number of hydrogen-bond donors (Lipinski definition) is 1. The number of carbonyl (C=O) groups is 1. The van der Waals surface area contributed by atoms with Crippen LogP contribution >= 0.6 is 0 Å². The first-order chi connectivity index (χ1) is 11.3.